The highest BCUT2D eigenvalue weighted by molar-refractivity contribution is 5.71. The van der Waals surface area contributed by atoms with Gasteiger partial charge in [0, 0.05) is 45.3 Å². The highest BCUT2D eigenvalue weighted by atomic mass is 16.5. The molecule has 0 unspecified atom stereocenters. The minimum absolute atomic E-state index is 0.0761. The molecule has 1 heterocycles. The van der Waals surface area contributed by atoms with Gasteiger partial charge in [-0.1, -0.05) is 0 Å². The van der Waals surface area contributed by atoms with Gasteiger partial charge in [-0.25, -0.2) is 0 Å². The Hall–Kier alpha value is -0.650. The summed E-state index contributed by atoms with van der Waals surface area (Å²) in [6, 6.07) is 0.622. The molecule has 1 saturated heterocycles. The van der Waals surface area contributed by atoms with E-state index in [0.29, 0.717) is 19.2 Å². The molecule has 0 atom stereocenters. The van der Waals surface area contributed by atoms with Gasteiger partial charge in [0.2, 0.25) is 0 Å². The molecule has 5 heteroatoms. The number of likely N-dealkylation sites (N-methyl/N-ethyl adjacent to an activating group) is 1. The van der Waals surface area contributed by atoms with Crippen molar-refractivity contribution in [2.75, 3.05) is 59.5 Å². The van der Waals surface area contributed by atoms with E-state index in [0.717, 1.165) is 39.3 Å². The van der Waals surface area contributed by atoms with Crippen LogP contribution in [0.3, 0.4) is 0 Å². The van der Waals surface area contributed by atoms with Gasteiger partial charge < -0.3 is 9.64 Å². The molecule has 1 aliphatic carbocycles. The Bertz CT molecular complexity index is 286. The molecule has 2 rings (SSSR count). The molecule has 1 saturated carbocycles. The Morgan fingerprint density at radius 1 is 1.26 bits per heavy atom. The molecular weight excluding hydrogens is 242 g/mol. The van der Waals surface area contributed by atoms with E-state index in [9.17, 15) is 4.79 Å². The summed E-state index contributed by atoms with van der Waals surface area (Å²) in [6.07, 6.45) is 2.48. The number of ether oxygens (including phenoxy) is 1. The second-order valence-electron chi connectivity index (χ2n) is 5.65. The van der Waals surface area contributed by atoms with Gasteiger partial charge in [-0.05, 0) is 26.8 Å². The summed E-state index contributed by atoms with van der Waals surface area (Å²) in [4.78, 5) is 18.8. The summed E-state index contributed by atoms with van der Waals surface area (Å²) < 4.78 is 5.06. The van der Waals surface area contributed by atoms with Gasteiger partial charge in [-0.15, -0.1) is 0 Å². The van der Waals surface area contributed by atoms with Gasteiger partial charge in [0.25, 0.3) is 0 Å². The first-order valence-electron chi connectivity index (χ1n) is 7.49. The van der Waals surface area contributed by atoms with Crippen molar-refractivity contribution in [3.8, 4) is 0 Å². The molecular formula is C14H27N3O2. The van der Waals surface area contributed by atoms with Crippen LogP contribution in [-0.4, -0.2) is 86.2 Å². The van der Waals surface area contributed by atoms with Crippen LogP contribution >= 0.6 is 0 Å². The lowest BCUT2D eigenvalue weighted by atomic mass is 10.3. The first kappa shape index (κ1) is 14.8. The first-order chi connectivity index (χ1) is 9.19. The van der Waals surface area contributed by atoms with Gasteiger partial charge in [0.15, 0.2) is 0 Å². The molecule has 0 spiro atoms. The topological polar surface area (TPSA) is 36.0 Å². The normalized spacial score (nSPS) is 21.8. The van der Waals surface area contributed by atoms with Gasteiger partial charge in [-0.2, -0.15) is 0 Å². The van der Waals surface area contributed by atoms with Crippen molar-refractivity contribution < 1.29 is 9.53 Å². The Labute approximate surface area is 116 Å². The van der Waals surface area contributed by atoms with Crippen molar-refractivity contribution >= 4 is 5.97 Å². The number of hydrogen-bond donors (Lipinski definition) is 0. The van der Waals surface area contributed by atoms with Crippen LogP contribution in [0.4, 0.5) is 0 Å². The molecule has 0 radical (unpaired) electrons. The second-order valence-corrected chi connectivity index (χ2v) is 5.65. The molecule has 2 fully saturated rings. The molecule has 19 heavy (non-hydrogen) atoms. The SMILES string of the molecule is CCOC(=O)CN(CCN1CCN(C)CC1)C1CC1. The van der Waals surface area contributed by atoms with Crippen LogP contribution in [-0.2, 0) is 9.53 Å². The van der Waals surface area contributed by atoms with Gasteiger partial charge >= 0.3 is 5.97 Å². The van der Waals surface area contributed by atoms with E-state index in [1.165, 1.54) is 12.8 Å². The average molecular weight is 269 g/mol. The van der Waals surface area contributed by atoms with E-state index in [1.807, 2.05) is 6.92 Å². The molecule has 2 aliphatic rings. The summed E-state index contributed by atoms with van der Waals surface area (Å²) in [5.41, 5.74) is 0. The first-order valence-corrected chi connectivity index (χ1v) is 7.49. The van der Waals surface area contributed by atoms with E-state index in [1.54, 1.807) is 0 Å². The van der Waals surface area contributed by atoms with Gasteiger partial charge in [0.05, 0.1) is 13.2 Å². The minimum atomic E-state index is -0.0761. The van der Waals surface area contributed by atoms with Crippen molar-refractivity contribution in [1.82, 2.24) is 14.7 Å². The molecule has 0 N–H and O–H groups in total. The summed E-state index contributed by atoms with van der Waals surface area (Å²) >= 11 is 0. The quantitative estimate of drug-likeness (QED) is 0.620. The molecule has 110 valence electrons. The van der Waals surface area contributed by atoms with Crippen LogP contribution in [0.25, 0.3) is 0 Å². The van der Waals surface area contributed by atoms with E-state index >= 15 is 0 Å². The maximum absolute atomic E-state index is 11.6. The largest absolute Gasteiger partial charge is 0.465 e. The van der Waals surface area contributed by atoms with Crippen LogP contribution in [0, 0.1) is 0 Å². The van der Waals surface area contributed by atoms with Gasteiger partial charge in [0.1, 0.15) is 0 Å². The number of esters is 1. The Kier molecular flexibility index (Phi) is 5.60. The average Bonchev–Trinajstić information content (AvgIpc) is 3.21. The van der Waals surface area contributed by atoms with E-state index in [2.05, 4.69) is 21.7 Å². The number of rotatable bonds is 7. The van der Waals surface area contributed by atoms with Crippen LogP contribution in [0.1, 0.15) is 19.8 Å². The fourth-order valence-electron chi connectivity index (χ4n) is 2.54. The molecule has 0 amide bonds. The molecule has 0 aromatic carbocycles. The highest BCUT2D eigenvalue weighted by Gasteiger charge is 2.30. The number of carbonyl (C=O) groups is 1. The van der Waals surface area contributed by atoms with E-state index in [4.69, 9.17) is 4.74 Å². The molecule has 0 aromatic rings. The predicted octanol–water partition coefficient (Wildman–Crippen LogP) is 0.261. The van der Waals surface area contributed by atoms with Crippen molar-refractivity contribution in [3.63, 3.8) is 0 Å². The van der Waals surface area contributed by atoms with Crippen molar-refractivity contribution in [2.24, 2.45) is 0 Å². The zero-order chi connectivity index (χ0) is 13.7. The highest BCUT2D eigenvalue weighted by Crippen LogP contribution is 2.26. The van der Waals surface area contributed by atoms with Crippen molar-refractivity contribution in [1.29, 1.82) is 0 Å². The lowest BCUT2D eigenvalue weighted by molar-refractivity contribution is -0.144. The fourth-order valence-corrected chi connectivity index (χ4v) is 2.54. The zero-order valence-electron chi connectivity index (χ0n) is 12.3. The second kappa shape index (κ2) is 7.22. The third-order valence-corrected chi connectivity index (χ3v) is 4.00. The molecule has 0 bridgehead atoms. The summed E-state index contributed by atoms with van der Waals surface area (Å²) in [6.45, 7) is 9.48. The van der Waals surface area contributed by atoms with Crippen LogP contribution in [0.2, 0.25) is 0 Å². The van der Waals surface area contributed by atoms with E-state index < -0.39 is 0 Å². The number of piperazine rings is 1. The summed E-state index contributed by atoms with van der Waals surface area (Å²) in [5.74, 6) is -0.0761. The number of nitrogens with zero attached hydrogens (tertiary/aromatic N) is 3. The predicted molar refractivity (Wildman–Crippen MR) is 75.2 cm³/mol. The zero-order valence-corrected chi connectivity index (χ0v) is 12.3. The Morgan fingerprint density at radius 2 is 1.95 bits per heavy atom. The lowest BCUT2D eigenvalue weighted by Crippen LogP contribution is -2.47. The van der Waals surface area contributed by atoms with Gasteiger partial charge in [-0.3, -0.25) is 14.6 Å². The van der Waals surface area contributed by atoms with E-state index in [-0.39, 0.29) is 5.97 Å². The van der Waals surface area contributed by atoms with Crippen LogP contribution < -0.4 is 0 Å². The standard InChI is InChI=1S/C14H27N3O2/c1-3-19-14(18)12-17(13-4-5-13)11-10-16-8-6-15(2)7-9-16/h13H,3-12H2,1-2H3. The summed E-state index contributed by atoms with van der Waals surface area (Å²) in [5, 5.41) is 0. The third-order valence-electron chi connectivity index (χ3n) is 4.00. The van der Waals surface area contributed by atoms with Crippen molar-refractivity contribution in [2.45, 2.75) is 25.8 Å². The monoisotopic (exact) mass is 269 g/mol. The van der Waals surface area contributed by atoms with Crippen molar-refractivity contribution in [3.05, 3.63) is 0 Å². The summed E-state index contributed by atoms with van der Waals surface area (Å²) in [7, 11) is 2.18. The lowest BCUT2D eigenvalue weighted by Gasteiger charge is -2.33. The minimum Gasteiger partial charge on any atom is -0.465 e. The van der Waals surface area contributed by atoms with Crippen LogP contribution in [0.5, 0.6) is 0 Å². The third kappa shape index (κ3) is 5.09. The fraction of sp³-hybridized carbons (Fsp3) is 0.929. The maximum atomic E-state index is 11.6. The van der Waals surface area contributed by atoms with Crippen LogP contribution in [0.15, 0.2) is 0 Å². The Morgan fingerprint density at radius 3 is 2.53 bits per heavy atom. The number of carbonyl (C=O) groups excluding carboxylic acids is 1. The molecule has 5 nitrogen and oxygen atoms in total. The Balaban J connectivity index is 1.70. The molecule has 0 aromatic heterocycles. The smallest absolute Gasteiger partial charge is 0.320 e. The maximum Gasteiger partial charge on any atom is 0.320 e. The molecule has 1 aliphatic heterocycles. The number of hydrogen-bond acceptors (Lipinski definition) is 5.